The lowest BCUT2D eigenvalue weighted by atomic mass is 10.1. The fourth-order valence-electron chi connectivity index (χ4n) is 4.06. The van der Waals surface area contributed by atoms with Gasteiger partial charge in [0, 0.05) is 5.56 Å². The Labute approximate surface area is 196 Å². The summed E-state index contributed by atoms with van der Waals surface area (Å²) < 4.78 is 0. The quantitative estimate of drug-likeness (QED) is 0.314. The normalized spacial score (nSPS) is 14.4. The van der Waals surface area contributed by atoms with E-state index in [1.807, 2.05) is 103 Å². The van der Waals surface area contributed by atoms with Crippen LogP contribution in [0.25, 0.3) is 21.5 Å². The molecule has 0 saturated carbocycles. The molecule has 1 aliphatic heterocycles. The second-order valence-electron chi connectivity index (χ2n) is 8.05. The zero-order valence-electron chi connectivity index (χ0n) is 18.2. The summed E-state index contributed by atoms with van der Waals surface area (Å²) in [5.41, 5.74) is 2.19. The van der Waals surface area contributed by atoms with Crippen LogP contribution in [0.2, 0.25) is 0 Å². The molecular formula is C29H20N4O. The summed E-state index contributed by atoms with van der Waals surface area (Å²) in [4.78, 5) is 14.1. The van der Waals surface area contributed by atoms with E-state index < -0.39 is 0 Å². The number of anilines is 1. The number of fused-ring (bicyclic) bond motifs is 2. The molecule has 1 heterocycles. The Morgan fingerprint density at radius 3 is 1.94 bits per heavy atom. The lowest BCUT2D eigenvalue weighted by molar-refractivity contribution is 0.314. The van der Waals surface area contributed by atoms with Gasteiger partial charge in [-0.3, -0.25) is 5.21 Å². The molecule has 0 spiro atoms. The van der Waals surface area contributed by atoms with Crippen molar-refractivity contribution in [3.05, 3.63) is 121 Å². The van der Waals surface area contributed by atoms with E-state index in [-0.39, 0.29) is 5.84 Å². The number of benzene rings is 5. The number of aliphatic imine (C=N–C) groups is 3. The van der Waals surface area contributed by atoms with Gasteiger partial charge in [-0.1, -0.05) is 91.0 Å². The van der Waals surface area contributed by atoms with Crippen molar-refractivity contribution in [1.82, 2.24) is 0 Å². The minimum Gasteiger partial charge on any atom is -0.282 e. The Bertz CT molecular complexity index is 1620. The molecule has 0 radical (unpaired) electrons. The van der Waals surface area contributed by atoms with Crippen LogP contribution in [0.1, 0.15) is 5.56 Å². The SMILES string of the molecule is ON(C1=NC(c2ccccc2)=NC1=Nc1ccc2ccccc2c1)c1ccc2ccccc2c1. The second-order valence-corrected chi connectivity index (χ2v) is 8.05. The van der Waals surface area contributed by atoms with E-state index >= 15 is 0 Å². The lowest BCUT2D eigenvalue weighted by Crippen LogP contribution is -2.31. The van der Waals surface area contributed by atoms with Gasteiger partial charge in [-0.05, 0) is 45.8 Å². The highest BCUT2D eigenvalue weighted by Crippen LogP contribution is 2.26. The highest BCUT2D eigenvalue weighted by atomic mass is 16.5. The van der Waals surface area contributed by atoms with E-state index in [0.717, 1.165) is 37.9 Å². The first-order valence-corrected chi connectivity index (χ1v) is 11.0. The minimum atomic E-state index is 0.280. The Hall–Kier alpha value is -4.61. The van der Waals surface area contributed by atoms with E-state index in [1.54, 1.807) is 0 Å². The topological polar surface area (TPSA) is 60.5 Å². The number of rotatable bonds is 3. The maximum atomic E-state index is 11.2. The number of nitrogens with zero attached hydrogens (tertiary/aromatic N) is 4. The van der Waals surface area contributed by atoms with E-state index in [1.165, 1.54) is 0 Å². The van der Waals surface area contributed by atoms with E-state index in [2.05, 4.69) is 22.1 Å². The molecular weight excluding hydrogens is 420 g/mol. The molecule has 6 rings (SSSR count). The highest BCUT2D eigenvalue weighted by molar-refractivity contribution is 6.51. The average Bonchev–Trinajstić information content (AvgIpc) is 3.32. The summed E-state index contributed by atoms with van der Waals surface area (Å²) in [5, 5.41) is 16.6. The van der Waals surface area contributed by atoms with Crippen LogP contribution in [0.15, 0.2) is 130 Å². The summed E-state index contributed by atoms with van der Waals surface area (Å²) in [6.07, 6.45) is 0. The molecule has 0 fully saturated rings. The third-order valence-electron chi connectivity index (χ3n) is 5.80. The van der Waals surface area contributed by atoms with Crippen molar-refractivity contribution < 1.29 is 5.21 Å². The molecule has 162 valence electrons. The van der Waals surface area contributed by atoms with Crippen LogP contribution in [-0.2, 0) is 0 Å². The van der Waals surface area contributed by atoms with E-state index in [0.29, 0.717) is 17.4 Å². The molecule has 0 amide bonds. The smallest absolute Gasteiger partial charge is 0.205 e. The summed E-state index contributed by atoms with van der Waals surface area (Å²) in [6.45, 7) is 0. The van der Waals surface area contributed by atoms with Gasteiger partial charge in [0.15, 0.2) is 5.84 Å². The van der Waals surface area contributed by atoms with Crippen molar-refractivity contribution in [3.8, 4) is 0 Å². The fourth-order valence-corrected chi connectivity index (χ4v) is 4.06. The molecule has 5 aromatic rings. The predicted molar refractivity (Wildman–Crippen MR) is 140 cm³/mol. The zero-order chi connectivity index (χ0) is 22.9. The molecule has 0 atom stereocenters. The van der Waals surface area contributed by atoms with Gasteiger partial charge in [0.25, 0.3) is 0 Å². The van der Waals surface area contributed by atoms with Gasteiger partial charge in [0.1, 0.15) is 0 Å². The Morgan fingerprint density at radius 2 is 1.21 bits per heavy atom. The Morgan fingerprint density at radius 1 is 0.588 bits per heavy atom. The standard InChI is InChI=1S/C29H20N4O/c34-33(26-17-15-21-9-5-7-13-24(21)19-26)29-28(31-27(32-29)22-10-2-1-3-11-22)30-25-16-14-20-8-4-6-12-23(20)18-25/h1-19,34H. The molecule has 5 aromatic carbocycles. The zero-order valence-corrected chi connectivity index (χ0v) is 18.2. The predicted octanol–water partition coefficient (Wildman–Crippen LogP) is 6.78. The molecule has 5 heteroatoms. The summed E-state index contributed by atoms with van der Waals surface area (Å²) >= 11 is 0. The summed E-state index contributed by atoms with van der Waals surface area (Å²) in [5.74, 6) is 1.14. The lowest BCUT2D eigenvalue weighted by Gasteiger charge is -2.17. The Kier molecular flexibility index (Phi) is 4.94. The fraction of sp³-hybridized carbons (Fsp3) is 0. The van der Waals surface area contributed by atoms with E-state index in [9.17, 15) is 5.21 Å². The summed E-state index contributed by atoms with van der Waals surface area (Å²) in [7, 11) is 0. The molecule has 0 aliphatic carbocycles. The van der Waals surface area contributed by atoms with Crippen LogP contribution in [0.5, 0.6) is 0 Å². The van der Waals surface area contributed by atoms with Crippen LogP contribution in [0.4, 0.5) is 11.4 Å². The van der Waals surface area contributed by atoms with Crippen LogP contribution in [0.3, 0.4) is 0 Å². The first kappa shape index (κ1) is 20.0. The van der Waals surface area contributed by atoms with Crippen molar-refractivity contribution in [3.63, 3.8) is 0 Å². The van der Waals surface area contributed by atoms with Crippen LogP contribution in [-0.4, -0.2) is 22.7 Å². The van der Waals surface area contributed by atoms with Crippen molar-refractivity contribution in [2.75, 3.05) is 5.06 Å². The van der Waals surface area contributed by atoms with Crippen molar-refractivity contribution >= 4 is 50.4 Å². The van der Waals surface area contributed by atoms with Crippen molar-refractivity contribution in [2.45, 2.75) is 0 Å². The van der Waals surface area contributed by atoms with Crippen LogP contribution < -0.4 is 5.06 Å². The third-order valence-corrected chi connectivity index (χ3v) is 5.80. The second kappa shape index (κ2) is 8.39. The van der Waals surface area contributed by atoms with Gasteiger partial charge < -0.3 is 0 Å². The summed E-state index contributed by atoms with van der Waals surface area (Å²) in [6, 6.07) is 37.6. The molecule has 0 saturated heterocycles. The molecule has 1 N–H and O–H groups in total. The van der Waals surface area contributed by atoms with Gasteiger partial charge in [0.05, 0.1) is 11.4 Å². The first-order valence-electron chi connectivity index (χ1n) is 11.0. The van der Waals surface area contributed by atoms with Gasteiger partial charge in [0.2, 0.25) is 11.7 Å². The Balaban J connectivity index is 1.44. The number of amidine groups is 3. The minimum absolute atomic E-state index is 0.280. The average molecular weight is 441 g/mol. The van der Waals surface area contributed by atoms with Crippen molar-refractivity contribution in [1.29, 1.82) is 0 Å². The van der Waals surface area contributed by atoms with Gasteiger partial charge in [-0.25, -0.2) is 20.0 Å². The molecule has 34 heavy (non-hydrogen) atoms. The van der Waals surface area contributed by atoms with Crippen LogP contribution >= 0.6 is 0 Å². The molecule has 0 aromatic heterocycles. The van der Waals surface area contributed by atoms with E-state index in [4.69, 9.17) is 4.99 Å². The number of hydrogen-bond donors (Lipinski definition) is 1. The highest BCUT2D eigenvalue weighted by Gasteiger charge is 2.25. The largest absolute Gasteiger partial charge is 0.282 e. The first-order chi connectivity index (χ1) is 16.7. The number of hydrogen-bond acceptors (Lipinski definition) is 4. The molecule has 5 nitrogen and oxygen atoms in total. The van der Waals surface area contributed by atoms with Gasteiger partial charge in [-0.15, -0.1) is 0 Å². The molecule has 0 unspecified atom stereocenters. The maximum Gasteiger partial charge on any atom is 0.205 e. The van der Waals surface area contributed by atoms with Gasteiger partial charge in [-0.2, -0.15) is 0 Å². The van der Waals surface area contributed by atoms with Crippen molar-refractivity contribution in [2.24, 2.45) is 15.0 Å². The monoisotopic (exact) mass is 440 g/mol. The van der Waals surface area contributed by atoms with Crippen LogP contribution in [0, 0.1) is 0 Å². The maximum absolute atomic E-state index is 11.2. The third kappa shape index (κ3) is 3.74. The molecule has 0 bridgehead atoms. The number of hydroxylamine groups is 1. The van der Waals surface area contributed by atoms with Gasteiger partial charge >= 0.3 is 0 Å². The molecule has 1 aliphatic rings.